The molecule has 0 aliphatic carbocycles. The highest BCUT2D eigenvalue weighted by atomic mass is 19.1. The van der Waals surface area contributed by atoms with Gasteiger partial charge in [-0.05, 0) is 48.7 Å². The fourth-order valence-corrected chi connectivity index (χ4v) is 2.35. The number of benzene rings is 2. The Kier molecular flexibility index (Phi) is 3.74. The van der Waals surface area contributed by atoms with Gasteiger partial charge in [0.1, 0.15) is 11.6 Å². The molecule has 3 nitrogen and oxygen atoms in total. The molecule has 2 aromatic carbocycles. The maximum Gasteiger partial charge on any atom is 0.338 e. The summed E-state index contributed by atoms with van der Waals surface area (Å²) >= 11 is 0. The van der Waals surface area contributed by atoms with Gasteiger partial charge < -0.3 is 9.84 Å². The van der Waals surface area contributed by atoms with Crippen LogP contribution in [0.4, 0.5) is 4.39 Å². The Balaban J connectivity index is 2.64. The molecule has 0 spiro atoms. The van der Waals surface area contributed by atoms with Crippen molar-refractivity contribution in [2.24, 2.45) is 0 Å². The van der Waals surface area contributed by atoms with E-state index in [-0.39, 0.29) is 11.1 Å². The number of halogens is 1. The molecule has 1 N–H and O–H groups in total. The Morgan fingerprint density at radius 2 is 1.80 bits per heavy atom. The number of hydrogen-bond acceptors (Lipinski definition) is 2. The van der Waals surface area contributed by atoms with Gasteiger partial charge >= 0.3 is 5.97 Å². The van der Waals surface area contributed by atoms with Crippen LogP contribution in [0.25, 0.3) is 11.1 Å². The minimum absolute atomic E-state index is 0.277. The topological polar surface area (TPSA) is 46.5 Å². The van der Waals surface area contributed by atoms with Crippen molar-refractivity contribution in [1.29, 1.82) is 0 Å². The van der Waals surface area contributed by atoms with Crippen LogP contribution >= 0.6 is 0 Å². The lowest BCUT2D eigenvalue weighted by Crippen LogP contribution is -2.02. The number of methoxy groups -OCH3 is 1. The SMILES string of the molecule is COc1c(C)cc(-c2cccc(C(=O)O)c2F)cc1C. The predicted molar refractivity (Wildman–Crippen MR) is 74.8 cm³/mol. The second-order valence-corrected chi connectivity index (χ2v) is 4.62. The van der Waals surface area contributed by atoms with Gasteiger partial charge in [-0.25, -0.2) is 9.18 Å². The average Bonchev–Trinajstić information content (AvgIpc) is 2.38. The van der Waals surface area contributed by atoms with Gasteiger partial charge in [-0.15, -0.1) is 0 Å². The summed E-state index contributed by atoms with van der Waals surface area (Å²) in [7, 11) is 1.58. The standard InChI is InChI=1S/C16H15FO3/c1-9-7-11(8-10(2)15(9)20-3)12-5-4-6-13(14(12)17)16(18)19/h4-8H,1-3H3,(H,18,19). The predicted octanol–water partition coefficient (Wildman–Crippen LogP) is 3.82. The molecule has 20 heavy (non-hydrogen) atoms. The molecule has 0 bridgehead atoms. The lowest BCUT2D eigenvalue weighted by Gasteiger charge is -2.12. The summed E-state index contributed by atoms with van der Waals surface area (Å²) in [6.45, 7) is 3.74. The lowest BCUT2D eigenvalue weighted by atomic mass is 9.97. The van der Waals surface area contributed by atoms with Crippen LogP contribution in [0.1, 0.15) is 21.5 Å². The molecule has 4 heteroatoms. The minimum Gasteiger partial charge on any atom is -0.496 e. The number of carbonyl (C=O) groups is 1. The zero-order valence-corrected chi connectivity index (χ0v) is 11.5. The number of aromatic carboxylic acids is 1. The molecule has 0 unspecified atom stereocenters. The Labute approximate surface area is 116 Å². The van der Waals surface area contributed by atoms with Gasteiger partial charge in [-0.1, -0.05) is 12.1 Å². The Morgan fingerprint density at radius 3 is 2.30 bits per heavy atom. The highest BCUT2D eigenvalue weighted by Crippen LogP contribution is 2.32. The van der Waals surface area contributed by atoms with Crippen LogP contribution in [0, 0.1) is 19.7 Å². The van der Waals surface area contributed by atoms with Crippen molar-refractivity contribution < 1.29 is 19.0 Å². The first-order valence-corrected chi connectivity index (χ1v) is 6.13. The van der Waals surface area contributed by atoms with Crippen LogP contribution in [-0.4, -0.2) is 18.2 Å². The van der Waals surface area contributed by atoms with Crippen LogP contribution < -0.4 is 4.74 Å². The van der Waals surface area contributed by atoms with E-state index in [9.17, 15) is 9.18 Å². The Morgan fingerprint density at radius 1 is 1.20 bits per heavy atom. The van der Waals surface area contributed by atoms with E-state index in [2.05, 4.69) is 0 Å². The summed E-state index contributed by atoms with van der Waals surface area (Å²) in [5, 5.41) is 8.97. The van der Waals surface area contributed by atoms with E-state index in [0.717, 1.165) is 16.9 Å². The highest BCUT2D eigenvalue weighted by molar-refractivity contribution is 5.90. The molecule has 0 saturated carbocycles. The van der Waals surface area contributed by atoms with Gasteiger partial charge in [0.2, 0.25) is 0 Å². The molecular weight excluding hydrogens is 259 g/mol. The third-order valence-electron chi connectivity index (χ3n) is 3.20. The second-order valence-electron chi connectivity index (χ2n) is 4.62. The molecule has 0 fully saturated rings. The van der Waals surface area contributed by atoms with Gasteiger partial charge in [0.25, 0.3) is 0 Å². The van der Waals surface area contributed by atoms with Crippen molar-refractivity contribution in [3.05, 3.63) is 52.8 Å². The van der Waals surface area contributed by atoms with Crippen LogP contribution in [-0.2, 0) is 0 Å². The molecule has 0 atom stereocenters. The quantitative estimate of drug-likeness (QED) is 0.925. The monoisotopic (exact) mass is 274 g/mol. The molecular formula is C16H15FO3. The molecule has 0 aromatic heterocycles. The molecule has 104 valence electrons. The number of carboxylic acid groups (broad SMARTS) is 1. The fraction of sp³-hybridized carbons (Fsp3) is 0.188. The van der Waals surface area contributed by atoms with E-state index in [0.29, 0.717) is 5.56 Å². The summed E-state index contributed by atoms with van der Waals surface area (Å²) in [6.07, 6.45) is 0. The van der Waals surface area contributed by atoms with Gasteiger partial charge in [-0.2, -0.15) is 0 Å². The first-order chi connectivity index (χ1) is 9.45. The highest BCUT2D eigenvalue weighted by Gasteiger charge is 2.16. The first kappa shape index (κ1) is 14.1. The Bertz CT molecular complexity index is 654. The molecule has 0 aliphatic heterocycles. The lowest BCUT2D eigenvalue weighted by molar-refractivity contribution is 0.0692. The number of aryl methyl sites for hydroxylation is 2. The van der Waals surface area contributed by atoms with E-state index in [4.69, 9.17) is 9.84 Å². The van der Waals surface area contributed by atoms with Crippen LogP contribution in [0.3, 0.4) is 0 Å². The van der Waals surface area contributed by atoms with Crippen LogP contribution in [0.5, 0.6) is 5.75 Å². The van der Waals surface area contributed by atoms with Crippen molar-refractivity contribution >= 4 is 5.97 Å². The fourth-order valence-electron chi connectivity index (χ4n) is 2.35. The summed E-state index contributed by atoms with van der Waals surface area (Å²) in [5.41, 5.74) is 2.35. The maximum atomic E-state index is 14.2. The first-order valence-electron chi connectivity index (χ1n) is 6.13. The van der Waals surface area contributed by atoms with Crippen LogP contribution in [0.15, 0.2) is 30.3 Å². The largest absolute Gasteiger partial charge is 0.496 e. The summed E-state index contributed by atoms with van der Waals surface area (Å²) in [4.78, 5) is 11.0. The number of carboxylic acids is 1. The van der Waals surface area contributed by atoms with E-state index >= 15 is 0 Å². The van der Waals surface area contributed by atoms with Gasteiger partial charge in [0, 0.05) is 5.56 Å². The summed E-state index contributed by atoms with van der Waals surface area (Å²) in [6, 6.07) is 7.94. The number of rotatable bonds is 3. The Hall–Kier alpha value is -2.36. The van der Waals surface area contributed by atoms with Gasteiger partial charge in [0.05, 0.1) is 12.7 Å². The normalized spacial score (nSPS) is 10.4. The molecule has 0 radical (unpaired) electrons. The summed E-state index contributed by atoms with van der Waals surface area (Å²) < 4.78 is 19.5. The zero-order valence-electron chi connectivity index (χ0n) is 11.5. The average molecular weight is 274 g/mol. The number of hydrogen-bond donors (Lipinski definition) is 1. The molecule has 2 rings (SSSR count). The third kappa shape index (κ3) is 2.37. The van der Waals surface area contributed by atoms with E-state index in [1.54, 1.807) is 25.3 Å². The zero-order chi connectivity index (χ0) is 14.9. The van der Waals surface area contributed by atoms with Crippen molar-refractivity contribution in [2.45, 2.75) is 13.8 Å². The molecule has 0 aliphatic rings. The minimum atomic E-state index is -1.27. The molecule has 2 aromatic rings. The van der Waals surface area contributed by atoms with E-state index in [1.165, 1.54) is 12.1 Å². The number of ether oxygens (including phenoxy) is 1. The van der Waals surface area contributed by atoms with Crippen LogP contribution in [0.2, 0.25) is 0 Å². The summed E-state index contributed by atoms with van der Waals surface area (Å²) in [5.74, 6) is -1.24. The molecule has 0 amide bonds. The van der Waals surface area contributed by atoms with Crippen molar-refractivity contribution in [1.82, 2.24) is 0 Å². The smallest absolute Gasteiger partial charge is 0.338 e. The van der Waals surface area contributed by atoms with E-state index in [1.807, 2.05) is 13.8 Å². The van der Waals surface area contributed by atoms with E-state index < -0.39 is 11.8 Å². The van der Waals surface area contributed by atoms with Crippen molar-refractivity contribution in [3.8, 4) is 16.9 Å². The second kappa shape index (κ2) is 5.33. The molecule has 0 saturated heterocycles. The molecule has 0 heterocycles. The third-order valence-corrected chi connectivity index (χ3v) is 3.20. The van der Waals surface area contributed by atoms with Crippen molar-refractivity contribution in [2.75, 3.05) is 7.11 Å². The maximum absolute atomic E-state index is 14.2. The van der Waals surface area contributed by atoms with Crippen molar-refractivity contribution in [3.63, 3.8) is 0 Å². The van der Waals surface area contributed by atoms with Gasteiger partial charge in [-0.3, -0.25) is 0 Å². The van der Waals surface area contributed by atoms with Gasteiger partial charge in [0.15, 0.2) is 0 Å².